The van der Waals surface area contributed by atoms with E-state index in [4.69, 9.17) is 4.74 Å². The lowest BCUT2D eigenvalue weighted by Gasteiger charge is -2.16. The van der Waals surface area contributed by atoms with Gasteiger partial charge in [-0.3, -0.25) is 9.59 Å². The highest BCUT2D eigenvalue weighted by Crippen LogP contribution is 2.26. The zero-order valence-corrected chi connectivity index (χ0v) is 19.0. The molecule has 0 aliphatic heterocycles. The van der Waals surface area contributed by atoms with Crippen LogP contribution in [0.2, 0.25) is 0 Å². The fourth-order valence-corrected chi connectivity index (χ4v) is 4.30. The normalized spacial score (nSPS) is 10.7. The average Bonchev–Trinajstić information content (AvgIpc) is 3.28. The molecule has 0 saturated carbocycles. The summed E-state index contributed by atoms with van der Waals surface area (Å²) in [5, 5.41) is 5.41. The molecular weight excluding hydrogens is 432 g/mol. The fraction of sp³-hybridized carbons (Fsp3) is 0.148. The molecule has 1 amide bonds. The molecule has 6 heteroatoms. The minimum Gasteiger partial charge on any atom is -0.458 e. The first kappa shape index (κ1) is 22.4. The summed E-state index contributed by atoms with van der Waals surface area (Å²) in [6, 6.07) is 26.8. The van der Waals surface area contributed by atoms with Crippen LogP contribution in [0.3, 0.4) is 0 Å². The molecule has 1 aromatic heterocycles. The molecule has 0 aliphatic rings. The molecule has 0 atom stereocenters. The third-order valence-corrected chi connectivity index (χ3v) is 6.09. The van der Waals surface area contributed by atoms with Gasteiger partial charge in [-0.2, -0.15) is 0 Å². The maximum atomic E-state index is 13.0. The van der Waals surface area contributed by atoms with Gasteiger partial charge in [-0.15, -0.1) is 11.3 Å². The highest BCUT2D eigenvalue weighted by atomic mass is 32.1. The van der Waals surface area contributed by atoms with E-state index in [1.54, 1.807) is 0 Å². The van der Waals surface area contributed by atoms with Gasteiger partial charge in [-0.25, -0.2) is 4.98 Å². The minimum absolute atomic E-state index is 0.0604. The number of hydrogen-bond acceptors (Lipinski definition) is 5. The number of hydrogen-bond donors (Lipinski definition) is 1. The minimum atomic E-state index is -0.509. The SMILES string of the molecule is Cc1ccccc1NC(=O)Cc1nc(COC(=O)C(c2ccccc2)c2ccccc2)cs1. The second-order valence-electron chi connectivity index (χ2n) is 7.63. The third-order valence-electron chi connectivity index (χ3n) is 5.19. The van der Waals surface area contributed by atoms with E-state index in [1.165, 1.54) is 11.3 Å². The van der Waals surface area contributed by atoms with E-state index in [1.807, 2.05) is 97.2 Å². The summed E-state index contributed by atoms with van der Waals surface area (Å²) < 4.78 is 5.63. The number of ether oxygens (including phenoxy) is 1. The number of rotatable bonds is 8. The van der Waals surface area contributed by atoms with Crippen molar-refractivity contribution in [2.24, 2.45) is 0 Å². The number of benzene rings is 3. The number of para-hydroxylation sites is 1. The van der Waals surface area contributed by atoms with Gasteiger partial charge in [0.1, 0.15) is 17.5 Å². The Hall–Kier alpha value is -3.77. The maximum Gasteiger partial charge on any atom is 0.318 e. The van der Waals surface area contributed by atoms with Gasteiger partial charge in [0, 0.05) is 11.1 Å². The van der Waals surface area contributed by atoms with Crippen LogP contribution in [0.25, 0.3) is 0 Å². The van der Waals surface area contributed by atoms with E-state index in [0.29, 0.717) is 10.7 Å². The van der Waals surface area contributed by atoms with Crippen molar-refractivity contribution in [1.29, 1.82) is 0 Å². The third kappa shape index (κ3) is 5.93. The van der Waals surface area contributed by atoms with Gasteiger partial charge in [0.25, 0.3) is 0 Å². The van der Waals surface area contributed by atoms with Crippen LogP contribution in [-0.2, 0) is 27.4 Å². The largest absolute Gasteiger partial charge is 0.458 e. The van der Waals surface area contributed by atoms with Gasteiger partial charge in [-0.05, 0) is 29.7 Å². The molecular formula is C27H24N2O3S. The number of carbonyl (C=O) groups excluding carboxylic acids is 2. The van der Waals surface area contributed by atoms with Crippen LogP contribution in [0, 0.1) is 6.92 Å². The van der Waals surface area contributed by atoms with E-state index >= 15 is 0 Å². The molecule has 0 fully saturated rings. The Balaban J connectivity index is 1.38. The monoisotopic (exact) mass is 456 g/mol. The number of anilines is 1. The first-order chi connectivity index (χ1) is 16.1. The zero-order chi connectivity index (χ0) is 23.0. The summed E-state index contributed by atoms with van der Waals surface area (Å²) in [6.07, 6.45) is 0.170. The summed E-state index contributed by atoms with van der Waals surface area (Å²) in [5.41, 5.74) is 4.18. The van der Waals surface area contributed by atoms with Gasteiger partial charge in [0.2, 0.25) is 5.91 Å². The van der Waals surface area contributed by atoms with Crippen LogP contribution in [0.4, 0.5) is 5.69 Å². The Bertz CT molecular complexity index is 1180. The van der Waals surface area contributed by atoms with Gasteiger partial charge in [-0.1, -0.05) is 78.9 Å². The van der Waals surface area contributed by atoms with E-state index < -0.39 is 5.92 Å². The molecule has 0 unspecified atom stereocenters. The second kappa shape index (κ2) is 10.7. The molecule has 0 bridgehead atoms. The Morgan fingerprint density at radius 3 is 2.15 bits per heavy atom. The number of nitrogens with zero attached hydrogens (tertiary/aromatic N) is 1. The van der Waals surface area contributed by atoms with Crippen LogP contribution in [0.15, 0.2) is 90.3 Å². The van der Waals surface area contributed by atoms with Crippen LogP contribution < -0.4 is 5.32 Å². The van der Waals surface area contributed by atoms with E-state index in [0.717, 1.165) is 22.4 Å². The van der Waals surface area contributed by atoms with Crippen molar-refractivity contribution >= 4 is 28.9 Å². The molecule has 4 rings (SSSR count). The number of carbonyl (C=O) groups is 2. The lowest BCUT2D eigenvalue weighted by molar-refractivity contribution is -0.145. The summed E-state index contributed by atoms with van der Waals surface area (Å²) >= 11 is 1.38. The summed E-state index contributed by atoms with van der Waals surface area (Å²) in [6.45, 7) is 2.01. The van der Waals surface area contributed by atoms with E-state index in [2.05, 4.69) is 10.3 Å². The number of nitrogens with one attached hydrogen (secondary N) is 1. The molecule has 0 saturated heterocycles. The Labute approximate surface area is 197 Å². The molecule has 1 heterocycles. The van der Waals surface area contributed by atoms with Gasteiger partial charge in [0.05, 0.1) is 12.1 Å². The second-order valence-corrected chi connectivity index (χ2v) is 8.58. The van der Waals surface area contributed by atoms with Gasteiger partial charge < -0.3 is 10.1 Å². The maximum absolute atomic E-state index is 13.0. The van der Waals surface area contributed by atoms with Crippen molar-refractivity contribution in [3.8, 4) is 0 Å². The summed E-state index contributed by atoms with van der Waals surface area (Å²) in [4.78, 5) is 29.9. The molecule has 4 aromatic rings. The number of aromatic nitrogens is 1. The van der Waals surface area contributed by atoms with E-state index in [9.17, 15) is 9.59 Å². The standard InChI is InChI=1S/C27H24N2O3S/c1-19-10-8-9-15-23(19)29-24(30)16-25-28-22(18-33-25)17-32-27(31)26(20-11-4-2-5-12-20)21-13-6-3-7-14-21/h2-15,18,26H,16-17H2,1H3,(H,29,30). The quantitative estimate of drug-likeness (QED) is 0.355. The van der Waals surface area contributed by atoms with Crippen molar-refractivity contribution in [2.75, 3.05) is 5.32 Å². The molecule has 3 aromatic carbocycles. The lowest BCUT2D eigenvalue weighted by atomic mass is 9.91. The molecule has 0 aliphatic carbocycles. The topological polar surface area (TPSA) is 68.3 Å². The average molecular weight is 457 g/mol. The number of aryl methyl sites for hydroxylation is 1. The zero-order valence-electron chi connectivity index (χ0n) is 18.2. The van der Waals surface area contributed by atoms with E-state index in [-0.39, 0.29) is 24.9 Å². The summed E-state index contributed by atoms with van der Waals surface area (Å²) in [5.74, 6) is -0.972. The number of thiazole rings is 1. The van der Waals surface area contributed by atoms with Crippen LogP contribution >= 0.6 is 11.3 Å². The molecule has 0 radical (unpaired) electrons. The van der Waals surface area contributed by atoms with Crippen LogP contribution in [-0.4, -0.2) is 16.9 Å². The van der Waals surface area contributed by atoms with Crippen molar-refractivity contribution in [1.82, 2.24) is 4.98 Å². The smallest absolute Gasteiger partial charge is 0.318 e. The summed E-state index contributed by atoms with van der Waals surface area (Å²) in [7, 11) is 0. The highest BCUT2D eigenvalue weighted by Gasteiger charge is 2.24. The number of amides is 1. The molecule has 166 valence electrons. The van der Waals surface area contributed by atoms with Crippen molar-refractivity contribution in [3.63, 3.8) is 0 Å². The predicted molar refractivity (Wildman–Crippen MR) is 130 cm³/mol. The predicted octanol–water partition coefficient (Wildman–Crippen LogP) is 5.51. The van der Waals surface area contributed by atoms with Crippen LogP contribution in [0.1, 0.15) is 33.3 Å². The number of esters is 1. The fourth-order valence-electron chi connectivity index (χ4n) is 3.53. The van der Waals surface area contributed by atoms with Crippen molar-refractivity contribution in [3.05, 3.63) is 118 Å². The van der Waals surface area contributed by atoms with Gasteiger partial charge >= 0.3 is 5.97 Å². The highest BCUT2D eigenvalue weighted by molar-refractivity contribution is 7.09. The van der Waals surface area contributed by atoms with Crippen LogP contribution in [0.5, 0.6) is 0 Å². The van der Waals surface area contributed by atoms with Gasteiger partial charge in [0.15, 0.2) is 0 Å². The molecule has 1 N–H and O–H groups in total. The Morgan fingerprint density at radius 1 is 0.909 bits per heavy atom. The first-order valence-corrected chi connectivity index (χ1v) is 11.5. The van der Waals surface area contributed by atoms with Crippen molar-refractivity contribution < 1.29 is 14.3 Å². The Kier molecular flexibility index (Phi) is 7.27. The molecule has 5 nitrogen and oxygen atoms in total. The lowest BCUT2D eigenvalue weighted by Crippen LogP contribution is -2.17. The molecule has 33 heavy (non-hydrogen) atoms. The molecule has 0 spiro atoms. The Morgan fingerprint density at radius 2 is 1.52 bits per heavy atom. The van der Waals surface area contributed by atoms with Crippen molar-refractivity contribution in [2.45, 2.75) is 25.9 Å². The first-order valence-electron chi connectivity index (χ1n) is 10.7.